The van der Waals surface area contributed by atoms with Crippen LogP contribution in [0.2, 0.25) is 0 Å². The van der Waals surface area contributed by atoms with Crippen LogP contribution in [0.3, 0.4) is 0 Å². The van der Waals surface area contributed by atoms with Crippen molar-refractivity contribution in [2.75, 3.05) is 0 Å². The van der Waals surface area contributed by atoms with E-state index in [9.17, 15) is 18.3 Å². The molecule has 4 rings (SSSR count). The number of carboxylic acid groups (broad SMARTS) is 1. The minimum atomic E-state index is -3.83. The Balaban J connectivity index is 1.63. The molecule has 0 aliphatic rings. The normalized spacial score (nSPS) is 12.9. The lowest BCUT2D eigenvalue weighted by molar-refractivity contribution is 0.0664. The van der Waals surface area contributed by atoms with E-state index >= 15 is 0 Å². The number of hydrogen-bond donors (Lipinski definition) is 2. The van der Waals surface area contributed by atoms with Crippen molar-refractivity contribution in [1.29, 1.82) is 0 Å². The monoisotopic (exact) mass is 441 g/mol. The number of aryl methyl sites for hydroxylation is 1. The summed E-state index contributed by atoms with van der Waals surface area (Å²) in [6.45, 7) is 3.38. The lowest BCUT2D eigenvalue weighted by Gasteiger charge is -2.15. The van der Waals surface area contributed by atoms with E-state index in [1.807, 2.05) is 41.8 Å². The number of fused-ring (bicyclic) bond motifs is 1. The topological polar surface area (TPSA) is 96.6 Å². The van der Waals surface area contributed by atoms with Crippen LogP contribution >= 0.6 is 11.3 Å². The summed E-state index contributed by atoms with van der Waals surface area (Å²) < 4.78 is 34.0. The van der Waals surface area contributed by atoms with Gasteiger partial charge in [-0.1, -0.05) is 24.3 Å². The van der Waals surface area contributed by atoms with Gasteiger partial charge in [-0.15, -0.1) is 11.3 Å². The molecule has 0 spiro atoms. The van der Waals surface area contributed by atoms with Gasteiger partial charge in [-0.3, -0.25) is 0 Å². The average molecular weight is 442 g/mol. The summed E-state index contributed by atoms with van der Waals surface area (Å²) in [6, 6.07) is 15.6. The number of sulfonamides is 1. The summed E-state index contributed by atoms with van der Waals surface area (Å²) >= 11 is 1.62. The van der Waals surface area contributed by atoms with Crippen LogP contribution in [0.5, 0.6) is 0 Å². The number of hydrogen-bond acceptors (Lipinski definition) is 5. The molecule has 0 aliphatic heterocycles. The van der Waals surface area contributed by atoms with Crippen LogP contribution in [0.15, 0.2) is 69.3 Å². The summed E-state index contributed by atoms with van der Waals surface area (Å²) in [4.78, 5) is 12.4. The van der Waals surface area contributed by atoms with Crippen LogP contribution in [0.25, 0.3) is 21.4 Å². The number of carboxylic acids is 1. The summed E-state index contributed by atoms with van der Waals surface area (Å²) in [5.41, 5.74) is 2.61. The van der Waals surface area contributed by atoms with E-state index in [0.29, 0.717) is 16.5 Å². The van der Waals surface area contributed by atoms with Crippen LogP contribution in [-0.4, -0.2) is 19.5 Å². The third-order valence-electron chi connectivity index (χ3n) is 4.94. The summed E-state index contributed by atoms with van der Waals surface area (Å²) in [5, 5.41) is 11.7. The maximum absolute atomic E-state index is 13.0. The quantitative estimate of drug-likeness (QED) is 0.428. The van der Waals surface area contributed by atoms with Gasteiger partial charge >= 0.3 is 5.97 Å². The molecule has 8 heteroatoms. The van der Waals surface area contributed by atoms with E-state index in [1.165, 1.54) is 18.2 Å². The van der Waals surface area contributed by atoms with Crippen LogP contribution in [0, 0.1) is 6.92 Å². The number of furan rings is 1. The molecular formula is C22H19NO5S2. The van der Waals surface area contributed by atoms with Crippen molar-refractivity contribution in [3.8, 4) is 10.4 Å². The molecule has 0 saturated carbocycles. The van der Waals surface area contributed by atoms with Crippen LogP contribution in [0.4, 0.5) is 0 Å². The van der Waals surface area contributed by atoms with E-state index in [2.05, 4.69) is 4.72 Å². The zero-order valence-electron chi connectivity index (χ0n) is 16.2. The van der Waals surface area contributed by atoms with Gasteiger partial charge in [0, 0.05) is 21.9 Å². The van der Waals surface area contributed by atoms with Gasteiger partial charge < -0.3 is 9.52 Å². The summed E-state index contributed by atoms with van der Waals surface area (Å²) in [5.74, 6) is -1.38. The second-order valence-electron chi connectivity index (χ2n) is 6.97. The van der Waals surface area contributed by atoms with Crippen molar-refractivity contribution in [3.05, 3.63) is 76.9 Å². The second kappa shape index (κ2) is 7.71. The molecule has 6 nitrogen and oxygen atoms in total. The molecule has 30 heavy (non-hydrogen) atoms. The molecule has 2 aromatic heterocycles. The highest BCUT2D eigenvalue weighted by molar-refractivity contribution is 7.89. The van der Waals surface area contributed by atoms with E-state index in [0.717, 1.165) is 16.0 Å². The Morgan fingerprint density at radius 2 is 1.93 bits per heavy atom. The molecule has 154 valence electrons. The molecular weight excluding hydrogens is 422 g/mol. The third kappa shape index (κ3) is 3.77. The molecule has 1 atom stereocenters. The lowest BCUT2D eigenvalue weighted by atomic mass is 10.1. The smallest absolute Gasteiger partial charge is 0.372 e. The Hall–Kier alpha value is -2.94. The van der Waals surface area contributed by atoms with Gasteiger partial charge in [-0.2, -0.15) is 0 Å². The molecule has 1 unspecified atom stereocenters. The number of benzene rings is 2. The molecule has 2 aromatic carbocycles. The molecule has 0 radical (unpaired) electrons. The zero-order chi connectivity index (χ0) is 21.5. The highest BCUT2D eigenvalue weighted by Gasteiger charge is 2.22. The minimum absolute atomic E-state index is 0.0529. The molecule has 0 aliphatic carbocycles. The molecule has 2 heterocycles. The van der Waals surface area contributed by atoms with Gasteiger partial charge in [0.1, 0.15) is 5.58 Å². The molecule has 0 amide bonds. The van der Waals surface area contributed by atoms with Gasteiger partial charge in [0.05, 0.1) is 4.90 Å². The van der Waals surface area contributed by atoms with Crippen molar-refractivity contribution in [2.24, 2.45) is 0 Å². The van der Waals surface area contributed by atoms with Gasteiger partial charge in [-0.05, 0) is 60.7 Å². The van der Waals surface area contributed by atoms with E-state index in [1.54, 1.807) is 25.2 Å². The maximum atomic E-state index is 13.0. The highest BCUT2D eigenvalue weighted by atomic mass is 32.2. The van der Waals surface area contributed by atoms with Crippen molar-refractivity contribution in [3.63, 3.8) is 0 Å². The minimum Gasteiger partial charge on any atom is -0.475 e. The Morgan fingerprint density at radius 1 is 1.13 bits per heavy atom. The Morgan fingerprint density at radius 3 is 2.63 bits per heavy atom. The largest absolute Gasteiger partial charge is 0.475 e. The first kappa shape index (κ1) is 20.3. The molecule has 0 bridgehead atoms. The van der Waals surface area contributed by atoms with E-state index in [-0.39, 0.29) is 10.7 Å². The van der Waals surface area contributed by atoms with Crippen LogP contribution in [0.1, 0.15) is 34.6 Å². The zero-order valence-corrected chi connectivity index (χ0v) is 17.9. The lowest BCUT2D eigenvalue weighted by Crippen LogP contribution is -2.26. The van der Waals surface area contributed by atoms with Gasteiger partial charge in [0.25, 0.3) is 0 Å². The first-order chi connectivity index (χ1) is 14.3. The number of nitrogens with one attached hydrogen (secondary N) is 1. The fourth-order valence-electron chi connectivity index (χ4n) is 3.34. The highest BCUT2D eigenvalue weighted by Crippen LogP contribution is 2.30. The number of rotatable bonds is 6. The maximum Gasteiger partial charge on any atom is 0.372 e. The molecule has 4 aromatic rings. The van der Waals surface area contributed by atoms with Gasteiger partial charge in [-0.25, -0.2) is 17.9 Å². The Kier molecular flexibility index (Phi) is 5.23. The third-order valence-corrected chi connectivity index (χ3v) is 7.39. The van der Waals surface area contributed by atoms with Crippen LogP contribution < -0.4 is 4.72 Å². The summed E-state index contributed by atoms with van der Waals surface area (Å²) in [7, 11) is -3.83. The van der Waals surface area contributed by atoms with E-state index in [4.69, 9.17) is 4.42 Å². The van der Waals surface area contributed by atoms with Crippen molar-refractivity contribution < 1.29 is 22.7 Å². The number of carbonyl (C=O) groups is 1. The predicted octanol–water partition coefficient (Wildman–Crippen LogP) is 5.21. The summed E-state index contributed by atoms with van der Waals surface area (Å²) in [6.07, 6.45) is 0. The van der Waals surface area contributed by atoms with Gasteiger partial charge in [0.2, 0.25) is 15.8 Å². The average Bonchev–Trinajstić information content (AvgIpc) is 3.36. The fraction of sp³-hybridized carbons (Fsp3) is 0.136. The Bertz CT molecular complexity index is 1340. The molecule has 2 N–H and O–H groups in total. The predicted molar refractivity (Wildman–Crippen MR) is 116 cm³/mol. The van der Waals surface area contributed by atoms with Gasteiger partial charge in [0.15, 0.2) is 0 Å². The van der Waals surface area contributed by atoms with Crippen molar-refractivity contribution in [2.45, 2.75) is 24.8 Å². The van der Waals surface area contributed by atoms with Crippen molar-refractivity contribution in [1.82, 2.24) is 4.72 Å². The first-order valence-corrected chi connectivity index (χ1v) is 11.5. The molecule has 0 saturated heterocycles. The first-order valence-electron chi connectivity index (χ1n) is 9.19. The van der Waals surface area contributed by atoms with E-state index < -0.39 is 22.0 Å². The SMILES string of the molecule is Cc1c(C(=O)O)oc2ccc(S(=O)(=O)NC(C)c3cccc(-c4cccs4)c3)cc12. The second-order valence-corrected chi connectivity index (χ2v) is 9.63. The Labute approximate surface area is 177 Å². The standard InChI is InChI=1S/C22H19NO5S2/c1-13-18-12-17(8-9-19(18)28-21(13)22(24)25)30(26,27)23-14(2)15-5-3-6-16(11-15)20-7-4-10-29-20/h3-12,14,23H,1-2H3,(H,24,25). The number of aromatic carboxylic acids is 1. The molecule has 0 fully saturated rings. The fourth-order valence-corrected chi connectivity index (χ4v) is 5.33. The number of thiophene rings is 1. The van der Waals surface area contributed by atoms with Crippen molar-refractivity contribution >= 4 is 38.3 Å². The van der Waals surface area contributed by atoms with Crippen LogP contribution in [-0.2, 0) is 10.0 Å².